The standard InChI is InChI=1S/C13H14N2O4/c1-2-3-4-5-8-14-12-7-6-10(15(18)19)9-11(12)13(16)17/h1,6-7,9,14H,3-5,8H2,(H,16,17). The Hall–Kier alpha value is -2.55. The van der Waals surface area contributed by atoms with Gasteiger partial charge in [0, 0.05) is 30.8 Å². The molecule has 6 heteroatoms. The van der Waals surface area contributed by atoms with Crippen molar-refractivity contribution in [2.75, 3.05) is 11.9 Å². The molecule has 0 aliphatic rings. The molecule has 0 radical (unpaired) electrons. The molecule has 0 heterocycles. The number of unbranched alkanes of at least 4 members (excludes halogenated alkanes) is 2. The Morgan fingerprint density at radius 3 is 2.79 bits per heavy atom. The smallest absolute Gasteiger partial charge is 0.338 e. The van der Waals surface area contributed by atoms with Crippen LogP contribution in [0.15, 0.2) is 18.2 Å². The molecule has 0 aromatic heterocycles. The van der Waals surface area contributed by atoms with E-state index in [-0.39, 0.29) is 11.3 Å². The molecule has 2 N–H and O–H groups in total. The zero-order valence-corrected chi connectivity index (χ0v) is 10.3. The van der Waals surface area contributed by atoms with Crippen LogP contribution in [0.1, 0.15) is 29.6 Å². The van der Waals surface area contributed by atoms with E-state index in [0.29, 0.717) is 18.7 Å². The van der Waals surface area contributed by atoms with E-state index in [1.54, 1.807) is 0 Å². The number of nitro benzene ring substituents is 1. The lowest BCUT2D eigenvalue weighted by Gasteiger charge is -2.08. The molecule has 0 bridgehead atoms. The maximum Gasteiger partial charge on any atom is 0.338 e. The van der Waals surface area contributed by atoms with Gasteiger partial charge in [0.05, 0.1) is 10.5 Å². The first kappa shape index (κ1) is 14.5. The third kappa shape index (κ3) is 4.32. The molecular formula is C13H14N2O4. The Bertz CT molecular complexity index is 520. The summed E-state index contributed by atoms with van der Waals surface area (Å²) in [5, 5.41) is 22.6. The van der Waals surface area contributed by atoms with Crippen molar-refractivity contribution < 1.29 is 14.8 Å². The minimum Gasteiger partial charge on any atom is -0.478 e. The van der Waals surface area contributed by atoms with Gasteiger partial charge >= 0.3 is 5.97 Å². The van der Waals surface area contributed by atoms with E-state index in [0.717, 1.165) is 18.9 Å². The average Bonchev–Trinajstić information content (AvgIpc) is 2.38. The van der Waals surface area contributed by atoms with Gasteiger partial charge in [0.1, 0.15) is 0 Å². The van der Waals surface area contributed by atoms with Crippen molar-refractivity contribution in [2.45, 2.75) is 19.3 Å². The maximum absolute atomic E-state index is 11.0. The molecule has 1 rings (SSSR count). The van der Waals surface area contributed by atoms with E-state index < -0.39 is 10.9 Å². The fourth-order valence-electron chi connectivity index (χ4n) is 1.55. The number of anilines is 1. The lowest BCUT2D eigenvalue weighted by Crippen LogP contribution is -2.08. The molecule has 0 aliphatic carbocycles. The summed E-state index contributed by atoms with van der Waals surface area (Å²) < 4.78 is 0. The van der Waals surface area contributed by atoms with Crippen molar-refractivity contribution in [3.05, 3.63) is 33.9 Å². The SMILES string of the molecule is C#CCCCCNc1ccc([N+](=O)[O-])cc1C(=O)O. The second-order valence-corrected chi connectivity index (χ2v) is 3.88. The summed E-state index contributed by atoms with van der Waals surface area (Å²) in [7, 11) is 0. The van der Waals surface area contributed by atoms with Crippen molar-refractivity contribution in [3.8, 4) is 12.3 Å². The monoisotopic (exact) mass is 262 g/mol. The first-order valence-electron chi connectivity index (χ1n) is 5.75. The number of carbonyl (C=O) groups is 1. The zero-order valence-electron chi connectivity index (χ0n) is 10.3. The van der Waals surface area contributed by atoms with Gasteiger partial charge in [-0.05, 0) is 18.9 Å². The van der Waals surface area contributed by atoms with Gasteiger partial charge in [0.25, 0.3) is 5.69 Å². The number of aromatic carboxylic acids is 1. The number of rotatable bonds is 7. The first-order chi connectivity index (χ1) is 9.06. The maximum atomic E-state index is 11.0. The summed E-state index contributed by atoms with van der Waals surface area (Å²) in [4.78, 5) is 21.0. The molecule has 0 atom stereocenters. The van der Waals surface area contributed by atoms with Gasteiger partial charge in [-0.25, -0.2) is 4.79 Å². The van der Waals surface area contributed by atoms with Crippen LogP contribution in [0.3, 0.4) is 0 Å². The number of nitro groups is 1. The highest BCUT2D eigenvalue weighted by Gasteiger charge is 2.15. The predicted molar refractivity (Wildman–Crippen MR) is 71.2 cm³/mol. The number of hydrogen-bond donors (Lipinski definition) is 2. The van der Waals surface area contributed by atoms with E-state index in [9.17, 15) is 14.9 Å². The van der Waals surface area contributed by atoms with Crippen LogP contribution in [0.25, 0.3) is 0 Å². The highest BCUT2D eigenvalue weighted by Crippen LogP contribution is 2.22. The normalized spacial score (nSPS) is 9.63. The zero-order chi connectivity index (χ0) is 14.3. The second-order valence-electron chi connectivity index (χ2n) is 3.88. The molecule has 1 aromatic rings. The summed E-state index contributed by atoms with van der Waals surface area (Å²) in [5.41, 5.74) is 0.0280. The van der Waals surface area contributed by atoms with Gasteiger partial charge in [-0.3, -0.25) is 10.1 Å². The molecule has 0 saturated heterocycles. The highest BCUT2D eigenvalue weighted by molar-refractivity contribution is 5.95. The highest BCUT2D eigenvalue weighted by atomic mass is 16.6. The minimum atomic E-state index is -1.20. The molecule has 19 heavy (non-hydrogen) atoms. The Kier molecular flexibility index (Phi) is 5.35. The number of hydrogen-bond acceptors (Lipinski definition) is 4. The van der Waals surface area contributed by atoms with Crippen LogP contribution in [0.4, 0.5) is 11.4 Å². The molecule has 0 saturated carbocycles. The quantitative estimate of drug-likeness (QED) is 0.341. The summed E-state index contributed by atoms with van der Waals surface area (Å²) in [6.45, 7) is 0.569. The van der Waals surface area contributed by atoms with Gasteiger partial charge in [0.2, 0.25) is 0 Å². The molecular weight excluding hydrogens is 248 g/mol. The molecule has 0 aliphatic heterocycles. The van der Waals surface area contributed by atoms with E-state index in [4.69, 9.17) is 11.5 Å². The van der Waals surface area contributed by atoms with Gasteiger partial charge in [-0.1, -0.05) is 0 Å². The van der Waals surface area contributed by atoms with Gasteiger partial charge in [0.15, 0.2) is 0 Å². The average molecular weight is 262 g/mol. The lowest BCUT2D eigenvalue weighted by molar-refractivity contribution is -0.384. The number of nitrogens with one attached hydrogen (secondary N) is 1. The molecule has 0 amide bonds. The van der Waals surface area contributed by atoms with Crippen molar-refractivity contribution >= 4 is 17.3 Å². The second kappa shape index (κ2) is 7.01. The van der Waals surface area contributed by atoms with Crippen LogP contribution in [0.2, 0.25) is 0 Å². The first-order valence-corrected chi connectivity index (χ1v) is 5.75. The fourth-order valence-corrected chi connectivity index (χ4v) is 1.55. The fraction of sp³-hybridized carbons (Fsp3) is 0.308. The largest absolute Gasteiger partial charge is 0.478 e. The molecule has 0 fully saturated rings. The number of carboxylic acids is 1. The summed E-state index contributed by atoms with van der Waals surface area (Å²) >= 11 is 0. The van der Waals surface area contributed by atoms with E-state index >= 15 is 0 Å². The van der Waals surface area contributed by atoms with E-state index in [2.05, 4.69) is 11.2 Å². The molecule has 0 unspecified atom stereocenters. The molecule has 0 spiro atoms. The third-order valence-corrected chi connectivity index (χ3v) is 2.51. The Labute approximate surface area is 110 Å². The van der Waals surface area contributed by atoms with Crippen LogP contribution in [0, 0.1) is 22.5 Å². The van der Waals surface area contributed by atoms with Crippen LogP contribution in [0.5, 0.6) is 0 Å². The van der Waals surface area contributed by atoms with Gasteiger partial charge in [-0.2, -0.15) is 0 Å². The van der Waals surface area contributed by atoms with Gasteiger partial charge < -0.3 is 10.4 Å². The number of carboxylic acid groups (broad SMARTS) is 1. The third-order valence-electron chi connectivity index (χ3n) is 2.51. The molecule has 100 valence electrons. The van der Waals surface area contributed by atoms with Crippen LogP contribution >= 0.6 is 0 Å². The van der Waals surface area contributed by atoms with Crippen LogP contribution < -0.4 is 5.32 Å². The predicted octanol–water partition coefficient (Wildman–Crippen LogP) is 2.51. The number of non-ortho nitro benzene ring substituents is 1. The van der Waals surface area contributed by atoms with E-state index in [1.807, 2.05) is 0 Å². The Balaban J connectivity index is 2.75. The number of nitrogens with zero attached hydrogens (tertiary/aromatic N) is 1. The van der Waals surface area contributed by atoms with Crippen molar-refractivity contribution in [2.24, 2.45) is 0 Å². The molecule has 6 nitrogen and oxygen atoms in total. The van der Waals surface area contributed by atoms with Crippen LogP contribution in [-0.4, -0.2) is 22.5 Å². The number of benzene rings is 1. The number of terminal acetylenes is 1. The van der Waals surface area contributed by atoms with Crippen LogP contribution in [-0.2, 0) is 0 Å². The Morgan fingerprint density at radius 1 is 1.47 bits per heavy atom. The van der Waals surface area contributed by atoms with Gasteiger partial charge in [-0.15, -0.1) is 12.3 Å². The van der Waals surface area contributed by atoms with Crippen molar-refractivity contribution in [1.82, 2.24) is 0 Å². The summed E-state index contributed by atoms with van der Waals surface area (Å²) in [6, 6.07) is 3.73. The Morgan fingerprint density at radius 2 is 2.21 bits per heavy atom. The molecule has 1 aromatic carbocycles. The minimum absolute atomic E-state index is 0.105. The summed E-state index contributed by atoms with van der Waals surface area (Å²) in [6.07, 6.45) is 7.44. The topological polar surface area (TPSA) is 92.5 Å². The van der Waals surface area contributed by atoms with Crippen molar-refractivity contribution in [3.63, 3.8) is 0 Å². The van der Waals surface area contributed by atoms with E-state index in [1.165, 1.54) is 12.1 Å². The van der Waals surface area contributed by atoms with Crippen molar-refractivity contribution in [1.29, 1.82) is 0 Å². The summed E-state index contributed by atoms with van der Waals surface area (Å²) in [5.74, 6) is 1.32. The lowest BCUT2D eigenvalue weighted by atomic mass is 10.1.